The number of rotatable bonds is 9. The average molecular weight is 284 g/mol. The molecule has 0 amide bonds. The van der Waals surface area contributed by atoms with Crippen LogP contribution < -0.4 is 16.4 Å². The van der Waals surface area contributed by atoms with E-state index >= 15 is 0 Å². The summed E-state index contributed by atoms with van der Waals surface area (Å²) in [4.78, 5) is 0. The molecule has 1 fully saturated rings. The summed E-state index contributed by atoms with van der Waals surface area (Å²) >= 11 is 0. The lowest BCUT2D eigenvalue weighted by atomic mass is 9.75. The lowest BCUT2D eigenvalue weighted by molar-refractivity contribution is 0.123. The zero-order chi connectivity index (χ0) is 15.1. The molecule has 0 aromatic heterocycles. The van der Waals surface area contributed by atoms with Crippen LogP contribution in [-0.2, 0) is 0 Å². The van der Waals surface area contributed by atoms with Crippen molar-refractivity contribution in [3.63, 3.8) is 0 Å². The molecule has 3 heteroatoms. The third kappa shape index (κ3) is 7.61. The van der Waals surface area contributed by atoms with Crippen LogP contribution in [0.25, 0.3) is 0 Å². The number of nitrogens with one attached hydrogen (secondary N) is 2. The van der Waals surface area contributed by atoms with Crippen LogP contribution in [0.4, 0.5) is 0 Å². The minimum absolute atomic E-state index is 0.286. The molecule has 0 unspecified atom stereocenters. The van der Waals surface area contributed by atoms with Gasteiger partial charge in [0.15, 0.2) is 0 Å². The fourth-order valence-electron chi connectivity index (χ4n) is 3.92. The second-order valence-corrected chi connectivity index (χ2v) is 7.91. The molecule has 0 saturated carbocycles. The van der Waals surface area contributed by atoms with E-state index in [1.165, 1.54) is 58.0 Å². The first kappa shape index (κ1) is 17.9. The van der Waals surface area contributed by atoms with Crippen LogP contribution >= 0.6 is 0 Å². The highest BCUT2D eigenvalue weighted by atomic mass is 15.0. The Morgan fingerprint density at radius 3 is 2.15 bits per heavy atom. The summed E-state index contributed by atoms with van der Waals surface area (Å²) in [5.41, 5.74) is 6.07. The molecule has 0 aliphatic carbocycles. The minimum atomic E-state index is 0.286. The maximum atomic E-state index is 5.50. The molecular weight excluding hydrogens is 246 g/mol. The molecule has 0 atom stereocenters. The van der Waals surface area contributed by atoms with E-state index in [1.54, 1.807) is 0 Å². The molecule has 0 radical (unpaired) electrons. The second-order valence-electron chi connectivity index (χ2n) is 7.91. The van der Waals surface area contributed by atoms with Crippen LogP contribution in [0.15, 0.2) is 0 Å². The Morgan fingerprint density at radius 2 is 1.55 bits per heavy atom. The lowest BCUT2D eigenvalue weighted by Gasteiger charge is -2.46. The van der Waals surface area contributed by atoms with Gasteiger partial charge in [-0.3, -0.25) is 0 Å². The fraction of sp³-hybridized carbons (Fsp3) is 1.00. The van der Waals surface area contributed by atoms with Gasteiger partial charge in [-0.2, -0.15) is 0 Å². The van der Waals surface area contributed by atoms with E-state index < -0.39 is 0 Å². The topological polar surface area (TPSA) is 50.1 Å². The van der Waals surface area contributed by atoms with E-state index in [9.17, 15) is 0 Å². The van der Waals surface area contributed by atoms with Crippen molar-refractivity contribution in [1.29, 1.82) is 0 Å². The number of unbranched alkanes of at least 4 members (excludes halogenated alkanes) is 3. The predicted molar refractivity (Wildman–Crippen MR) is 89.0 cm³/mol. The molecule has 0 spiro atoms. The number of piperidine rings is 1. The van der Waals surface area contributed by atoms with E-state index in [0.29, 0.717) is 0 Å². The molecule has 1 aliphatic heterocycles. The first-order valence-corrected chi connectivity index (χ1v) is 8.55. The summed E-state index contributed by atoms with van der Waals surface area (Å²) in [7, 11) is 0. The van der Waals surface area contributed by atoms with E-state index in [0.717, 1.165) is 12.5 Å². The van der Waals surface area contributed by atoms with E-state index in [1.807, 2.05) is 0 Å². The standard InChI is InChI=1S/C17H37N3/c1-16(2)13-15(14-17(3,4)20-16)9-12-19-11-8-6-5-7-10-18/h15,19-20H,5-14,18H2,1-4H3. The Kier molecular flexibility index (Phi) is 7.49. The predicted octanol–water partition coefficient (Wildman–Crippen LogP) is 3.04. The molecule has 120 valence electrons. The van der Waals surface area contributed by atoms with Crippen LogP contribution in [0.5, 0.6) is 0 Å². The third-order valence-corrected chi connectivity index (χ3v) is 4.31. The highest BCUT2D eigenvalue weighted by Gasteiger charge is 2.36. The Morgan fingerprint density at radius 1 is 0.950 bits per heavy atom. The molecule has 0 aromatic rings. The van der Waals surface area contributed by atoms with Gasteiger partial charge in [-0.05, 0) is 85.4 Å². The van der Waals surface area contributed by atoms with Gasteiger partial charge >= 0.3 is 0 Å². The summed E-state index contributed by atoms with van der Waals surface area (Å²) in [6.07, 6.45) is 9.00. The highest BCUT2D eigenvalue weighted by molar-refractivity contribution is 4.96. The number of nitrogens with two attached hydrogens (primary N) is 1. The molecule has 0 bridgehead atoms. The van der Waals surface area contributed by atoms with Gasteiger partial charge in [-0.25, -0.2) is 0 Å². The first-order chi connectivity index (χ1) is 9.35. The van der Waals surface area contributed by atoms with Gasteiger partial charge in [0.25, 0.3) is 0 Å². The molecule has 1 aliphatic rings. The molecule has 3 nitrogen and oxygen atoms in total. The van der Waals surface area contributed by atoms with Crippen LogP contribution in [0, 0.1) is 5.92 Å². The van der Waals surface area contributed by atoms with Crippen molar-refractivity contribution in [2.24, 2.45) is 11.7 Å². The van der Waals surface area contributed by atoms with E-state index in [2.05, 4.69) is 38.3 Å². The molecule has 20 heavy (non-hydrogen) atoms. The molecule has 0 aromatic carbocycles. The fourth-order valence-corrected chi connectivity index (χ4v) is 3.92. The van der Waals surface area contributed by atoms with Crippen LogP contribution in [0.1, 0.15) is 72.6 Å². The zero-order valence-electron chi connectivity index (χ0n) is 14.2. The monoisotopic (exact) mass is 283 g/mol. The third-order valence-electron chi connectivity index (χ3n) is 4.31. The largest absolute Gasteiger partial charge is 0.330 e. The maximum Gasteiger partial charge on any atom is 0.0132 e. The van der Waals surface area contributed by atoms with Crippen LogP contribution in [0.2, 0.25) is 0 Å². The van der Waals surface area contributed by atoms with E-state index in [-0.39, 0.29) is 11.1 Å². The van der Waals surface area contributed by atoms with Gasteiger partial charge < -0.3 is 16.4 Å². The summed E-state index contributed by atoms with van der Waals surface area (Å²) in [6.45, 7) is 12.5. The quantitative estimate of drug-likeness (QED) is 0.570. The summed E-state index contributed by atoms with van der Waals surface area (Å²) < 4.78 is 0. The van der Waals surface area contributed by atoms with Crippen molar-refractivity contribution in [1.82, 2.24) is 10.6 Å². The molecule has 1 saturated heterocycles. The van der Waals surface area contributed by atoms with Gasteiger partial charge in [0.1, 0.15) is 0 Å². The van der Waals surface area contributed by atoms with Gasteiger partial charge in [0.2, 0.25) is 0 Å². The summed E-state index contributed by atoms with van der Waals surface area (Å²) in [5.74, 6) is 0.853. The number of hydrogen-bond donors (Lipinski definition) is 3. The SMILES string of the molecule is CC1(C)CC(CCNCCCCCCN)CC(C)(C)N1. The Labute approximate surface area is 126 Å². The maximum absolute atomic E-state index is 5.50. The van der Waals surface area contributed by atoms with Crippen LogP contribution in [0.3, 0.4) is 0 Å². The zero-order valence-corrected chi connectivity index (χ0v) is 14.2. The smallest absolute Gasteiger partial charge is 0.0132 e. The highest BCUT2D eigenvalue weighted by Crippen LogP contribution is 2.34. The molecule has 4 N–H and O–H groups in total. The van der Waals surface area contributed by atoms with Crippen molar-refractivity contribution in [3.8, 4) is 0 Å². The Hall–Kier alpha value is -0.120. The van der Waals surface area contributed by atoms with Crippen molar-refractivity contribution in [3.05, 3.63) is 0 Å². The van der Waals surface area contributed by atoms with Gasteiger partial charge in [0, 0.05) is 11.1 Å². The summed E-state index contributed by atoms with van der Waals surface area (Å²) in [6, 6.07) is 0. The van der Waals surface area contributed by atoms with Crippen molar-refractivity contribution in [2.75, 3.05) is 19.6 Å². The van der Waals surface area contributed by atoms with Gasteiger partial charge in [-0.15, -0.1) is 0 Å². The van der Waals surface area contributed by atoms with Crippen molar-refractivity contribution in [2.45, 2.75) is 83.7 Å². The molecule has 1 heterocycles. The Bertz CT molecular complexity index is 245. The summed E-state index contributed by atoms with van der Waals surface area (Å²) in [5, 5.41) is 7.37. The normalized spacial score (nSPS) is 22.1. The van der Waals surface area contributed by atoms with Gasteiger partial charge in [-0.1, -0.05) is 12.8 Å². The van der Waals surface area contributed by atoms with Crippen molar-refractivity contribution >= 4 is 0 Å². The first-order valence-electron chi connectivity index (χ1n) is 8.55. The lowest BCUT2D eigenvalue weighted by Crippen LogP contribution is -2.57. The Balaban J connectivity index is 2.09. The average Bonchev–Trinajstić information content (AvgIpc) is 2.28. The minimum Gasteiger partial charge on any atom is -0.330 e. The van der Waals surface area contributed by atoms with E-state index in [4.69, 9.17) is 5.73 Å². The number of hydrogen-bond acceptors (Lipinski definition) is 3. The van der Waals surface area contributed by atoms with Crippen molar-refractivity contribution < 1.29 is 0 Å². The second kappa shape index (κ2) is 8.35. The van der Waals surface area contributed by atoms with Crippen LogP contribution in [-0.4, -0.2) is 30.7 Å². The van der Waals surface area contributed by atoms with Gasteiger partial charge in [0.05, 0.1) is 0 Å². The molecular formula is C17H37N3. The molecule has 1 rings (SSSR count).